The van der Waals surface area contributed by atoms with E-state index in [1.54, 1.807) is 17.2 Å². The van der Waals surface area contributed by atoms with Crippen LogP contribution in [0.4, 0.5) is 11.8 Å². The van der Waals surface area contributed by atoms with Gasteiger partial charge in [-0.25, -0.2) is 4.98 Å². The van der Waals surface area contributed by atoms with Crippen molar-refractivity contribution in [2.45, 2.75) is 26.3 Å². The van der Waals surface area contributed by atoms with E-state index < -0.39 is 5.41 Å². The molecule has 1 fully saturated rings. The minimum Gasteiger partial charge on any atom is -0.350 e. The number of anilines is 2. The molecule has 3 aromatic rings. The van der Waals surface area contributed by atoms with Gasteiger partial charge in [0.15, 0.2) is 0 Å². The Morgan fingerprint density at radius 2 is 2.04 bits per heavy atom. The second-order valence-corrected chi connectivity index (χ2v) is 7.03. The average Bonchev–Trinajstić information content (AvgIpc) is 3.09. The van der Waals surface area contributed by atoms with Gasteiger partial charge in [-0.2, -0.15) is 10.2 Å². The minimum absolute atomic E-state index is 0.170. The predicted molar refractivity (Wildman–Crippen MR) is 109 cm³/mol. The Kier molecular flexibility index (Phi) is 4.66. The van der Waals surface area contributed by atoms with Gasteiger partial charge in [-0.1, -0.05) is 43.3 Å². The molecule has 1 atom stereocenters. The lowest BCUT2D eigenvalue weighted by Crippen LogP contribution is -2.33. The second kappa shape index (κ2) is 7.28. The van der Waals surface area contributed by atoms with E-state index in [2.05, 4.69) is 51.7 Å². The minimum atomic E-state index is -0.927. The zero-order chi connectivity index (χ0) is 19.6. The topological polar surface area (TPSA) is 81.9 Å². The lowest BCUT2D eigenvalue weighted by atomic mass is 9.85. The van der Waals surface area contributed by atoms with Crippen LogP contribution in [-0.4, -0.2) is 22.4 Å². The number of hydrogen-bond acceptors (Lipinski definition) is 5. The Morgan fingerprint density at radius 1 is 1.21 bits per heavy atom. The van der Waals surface area contributed by atoms with Crippen molar-refractivity contribution in [2.75, 3.05) is 16.8 Å². The number of hydrogen-bond donors (Lipinski definition) is 1. The number of rotatable bonds is 5. The van der Waals surface area contributed by atoms with Gasteiger partial charge >= 0.3 is 0 Å². The highest BCUT2D eigenvalue weighted by Crippen LogP contribution is 2.36. The smallest absolute Gasteiger partial charge is 0.248 e. The van der Waals surface area contributed by atoms with Crippen molar-refractivity contribution in [3.63, 3.8) is 0 Å². The second-order valence-electron chi connectivity index (χ2n) is 7.03. The maximum absolute atomic E-state index is 12.7. The van der Waals surface area contributed by atoms with E-state index in [1.165, 1.54) is 10.8 Å². The van der Waals surface area contributed by atoms with Crippen molar-refractivity contribution in [3.8, 4) is 6.07 Å². The molecule has 1 amide bonds. The molecule has 1 aromatic heterocycles. The van der Waals surface area contributed by atoms with Gasteiger partial charge < -0.3 is 5.32 Å². The van der Waals surface area contributed by atoms with Crippen molar-refractivity contribution in [2.24, 2.45) is 5.41 Å². The SMILES string of the molecule is CCC1(C#N)CCN(c2ccnc(NCc3ccc4ccccc4c3)n2)C1=O. The van der Waals surface area contributed by atoms with Crippen LogP contribution in [0.3, 0.4) is 0 Å². The number of amides is 1. The number of aromatic nitrogens is 2. The third kappa shape index (κ3) is 3.16. The summed E-state index contributed by atoms with van der Waals surface area (Å²) in [5.41, 5.74) is 0.198. The van der Waals surface area contributed by atoms with Crippen LogP contribution in [0.5, 0.6) is 0 Å². The van der Waals surface area contributed by atoms with Gasteiger partial charge in [-0.15, -0.1) is 0 Å². The average molecular weight is 371 g/mol. The van der Waals surface area contributed by atoms with Gasteiger partial charge in [-0.05, 0) is 41.3 Å². The zero-order valence-corrected chi connectivity index (χ0v) is 15.7. The first-order valence-corrected chi connectivity index (χ1v) is 9.43. The standard InChI is InChI=1S/C22H21N5O/c1-2-22(15-23)10-12-27(20(22)28)19-9-11-24-21(26-19)25-14-16-7-8-17-5-3-4-6-18(17)13-16/h3-9,11,13H,2,10,12,14H2,1H3,(H,24,25,26). The van der Waals surface area contributed by atoms with E-state index in [0.717, 1.165) is 5.56 Å². The monoisotopic (exact) mass is 371 g/mol. The Balaban J connectivity index is 1.50. The Bertz CT molecular complexity index is 1070. The molecule has 140 valence electrons. The summed E-state index contributed by atoms with van der Waals surface area (Å²) in [7, 11) is 0. The molecular weight excluding hydrogens is 350 g/mol. The van der Waals surface area contributed by atoms with Gasteiger partial charge in [0.05, 0.1) is 6.07 Å². The van der Waals surface area contributed by atoms with Crippen LogP contribution in [0.2, 0.25) is 0 Å². The summed E-state index contributed by atoms with van der Waals surface area (Å²) in [6.07, 6.45) is 2.68. The van der Waals surface area contributed by atoms with E-state index in [-0.39, 0.29) is 5.91 Å². The molecule has 0 bridgehead atoms. The number of carbonyl (C=O) groups is 1. The first-order chi connectivity index (χ1) is 13.6. The molecule has 0 radical (unpaired) electrons. The molecule has 2 aromatic carbocycles. The van der Waals surface area contributed by atoms with Gasteiger partial charge in [0.25, 0.3) is 0 Å². The molecule has 4 rings (SSSR count). The highest BCUT2D eigenvalue weighted by Gasteiger charge is 2.46. The molecule has 1 aliphatic heterocycles. The van der Waals surface area contributed by atoms with Crippen molar-refractivity contribution in [3.05, 3.63) is 60.3 Å². The van der Waals surface area contributed by atoms with Crippen molar-refractivity contribution >= 4 is 28.4 Å². The molecule has 6 heteroatoms. The van der Waals surface area contributed by atoms with Crippen molar-refractivity contribution in [1.29, 1.82) is 5.26 Å². The maximum atomic E-state index is 12.7. The molecule has 28 heavy (non-hydrogen) atoms. The Hall–Kier alpha value is -3.46. The number of nitrogens with zero attached hydrogens (tertiary/aromatic N) is 4. The molecule has 1 N–H and O–H groups in total. The van der Waals surface area contributed by atoms with Crippen LogP contribution in [0.25, 0.3) is 10.8 Å². The number of fused-ring (bicyclic) bond motifs is 1. The Labute approximate surface area is 163 Å². The van der Waals surface area contributed by atoms with E-state index >= 15 is 0 Å². The molecule has 0 spiro atoms. The van der Waals surface area contributed by atoms with Crippen LogP contribution in [0.15, 0.2) is 54.7 Å². The first kappa shape index (κ1) is 17.9. The fourth-order valence-electron chi connectivity index (χ4n) is 3.61. The van der Waals surface area contributed by atoms with E-state index in [4.69, 9.17) is 0 Å². The molecule has 2 heterocycles. The van der Waals surface area contributed by atoms with E-state index in [0.29, 0.717) is 37.7 Å². The first-order valence-electron chi connectivity index (χ1n) is 9.43. The molecule has 1 unspecified atom stereocenters. The Morgan fingerprint density at radius 3 is 2.79 bits per heavy atom. The predicted octanol–water partition coefficient (Wildman–Crippen LogP) is 3.90. The molecule has 0 aliphatic carbocycles. The lowest BCUT2D eigenvalue weighted by molar-refractivity contribution is -0.123. The quantitative estimate of drug-likeness (QED) is 0.735. The van der Waals surface area contributed by atoms with E-state index in [9.17, 15) is 10.1 Å². The van der Waals surface area contributed by atoms with Gasteiger partial charge in [-0.3, -0.25) is 9.69 Å². The van der Waals surface area contributed by atoms with Crippen molar-refractivity contribution < 1.29 is 4.79 Å². The van der Waals surface area contributed by atoms with Crippen molar-refractivity contribution in [1.82, 2.24) is 9.97 Å². The number of nitrogens with one attached hydrogen (secondary N) is 1. The summed E-state index contributed by atoms with van der Waals surface area (Å²) in [6, 6.07) is 18.4. The zero-order valence-electron chi connectivity index (χ0n) is 15.7. The van der Waals surface area contributed by atoms with Crippen LogP contribution in [0.1, 0.15) is 25.3 Å². The summed E-state index contributed by atoms with van der Waals surface area (Å²) in [6.45, 7) is 2.96. The third-order valence-electron chi connectivity index (χ3n) is 5.42. The molecule has 1 saturated heterocycles. The summed E-state index contributed by atoms with van der Waals surface area (Å²) in [5.74, 6) is 0.827. The summed E-state index contributed by atoms with van der Waals surface area (Å²) in [4.78, 5) is 23.1. The largest absolute Gasteiger partial charge is 0.350 e. The highest BCUT2D eigenvalue weighted by molar-refractivity contribution is 6.01. The summed E-state index contributed by atoms with van der Waals surface area (Å²) < 4.78 is 0. The molecule has 6 nitrogen and oxygen atoms in total. The highest BCUT2D eigenvalue weighted by atomic mass is 16.2. The fraction of sp³-hybridized carbons (Fsp3) is 0.273. The lowest BCUT2D eigenvalue weighted by Gasteiger charge is -2.19. The van der Waals surface area contributed by atoms with Gasteiger partial charge in [0.1, 0.15) is 11.2 Å². The molecule has 0 saturated carbocycles. The maximum Gasteiger partial charge on any atom is 0.248 e. The normalized spacial score (nSPS) is 19.0. The van der Waals surface area contributed by atoms with Crippen LogP contribution in [-0.2, 0) is 11.3 Å². The fourth-order valence-corrected chi connectivity index (χ4v) is 3.61. The van der Waals surface area contributed by atoms with E-state index in [1.807, 2.05) is 19.1 Å². The van der Waals surface area contributed by atoms with Gasteiger partial charge in [0.2, 0.25) is 11.9 Å². The van der Waals surface area contributed by atoms with Crippen LogP contribution in [0, 0.1) is 16.7 Å². The van der Waals surface area contributed by atoms with Gasteiger partial charge in [0, 0.05) is 19.3 Å². The van der Waals surface area contributed by atoms with Crippen LogP contribution >= 0.6 is 0 Å². The summed E-state index contributed by atoms with van der Waals surface area (Å²) in [5, 5.41) is 15.1. The third-order valence-corrected chi connectivity index (χ3v) is 5.42. The molecular formula is C22H21N5O. The number of carbonyl (C=O) groups excluding carboxylic acids is 1. The summed E-state index contributed by atoms with van der Waals surface area (Å²) >= 11 is 0. The van der Waals surface area contributed by atoms with Crippen LogP contribution < -0.4 is 10.2 Å². The number of nitriles is 1. The molecule has 1 aliphatic rings. The number of benzene rings is 2.